The van der Waals surface area contributed by atoms with Crippen LogP contribution in [-0.4, -0.2) is 15.9 Å². The van der Waals surface area contributed by atoms with Crippen molar-refractivity contribution in [2.24, 2.45) is 0 Å². The normalized spacial score (nSPS) is 10.1. The molecule has 2 aromatic rings. The van der Waals surface area contributed by atoms with Crippen molar-refractivity contribution in [1.29, 1.82) is 0 Å². The van der Waals surface area contributed by atoms with Crippen LogP contribution >= 0.6 is 0 Å². The quantitative estimate of drug-likeness (QED) is 0.819. The van der Waals surface area contributed by atoms with Crippen LogP contribution in [0.25, 0.3) is 0 Å². The largest absolute Gasteiger partial charge is 0.364 e. The van der Waals surface area contributed by atoms with Crippen LogP contribution in [0.1, 0.15) is 17.7 Å². The van der Waals surface area contributed by atoms with Crippen molar-refractivity contribution in [2.75, 3.05) is 0 Å². The molecule has 0 aliphatic rings. The summed E-state index contributed by atoms with van der Waals surface area (Å²) in [6.45, 7) is 0.554. The van der Waals surface area contributed by atoms with E-state index in [1.54, 1.807) is 12.4 Å². The van der Waals surface area contributed by atoms with E-state index < -0.39 is 0 Å². The van der Waals surface area contributed by atoms with E-state index >= 15 is 0 Å². The highest BCUT2D eigenvalue weighted by Crippen LogP contribution is 2.00. The smallest absolute Gasteiger partial charge is 0.220 e. The first-order valence-corrected chi connectivity index (χ1v) is 5.62. The van der Waals surface area contributed by atoms with Gasteiger partial charge in [0.15, 0.2) is 0 Å². The summed E-state index contributed by atoms with van der Waals surface area (Å²) in [5, 5.41) is 2.86. The summed E-state index contributed by atoms with van der Waals surface area (Å²) in [5.74, 6) is 0.0588. The second-order valence-corrected chi connectivity index (χ2v) is 3.83. The molecule has 1 amide bonds. The van der Waals surface area contributed by atoms with Gasteiger partial charge in [-0.1, -0.05) is 6.07 Å². The lowest BCUT2D eigenvalue weighted by molar-refractivity contribution is -0.121. The number of rotatable bonds is 5. The van der Waals surface area contributed by atoms with E-state index in [4.69, 9.17) is 0 Å². The Morgan fingerprint density at radius 3 is 3.00 bits per heavy atom. The zero-order valence-corrected chi connectivity index (χ0v) is 9.52. The van der Waals surface area contributed by atoms with Gasteiger partial charge in [-0.25, -0.2) is 0 Å². The van der Waals surface area contributed by atoms with Gasteiger partial charge in [0, 0.05) is 30.7 Å². The molecule has 2 N–H and O–H groups in total. The molecule has 0 radical (unpaired) electrons. The fourth-order valence-corrected chi connectivity index (χ4v) is 1.56. The van der Waals surface area contributed by atoms with Gasteiger partial charge in [0.05, 0.1) is 6.54 Å². The molecule has 2 heterocycles. The second-order valence-electron chi connectivity index (χ2n) is 3.83. The van der Waals surface area contributed by atoms with Gasteiger partial charge in [-0.2, -0.15) is 0 Å². The Balaban J connectivity index is 1.71. The fraction of sp³-hybridized carbons (Fsp3) is 0.231. The highest BCUT2D eigenvalue weighted by molar-refractivity contribution is 5.76. The Hall–Kier alpha value is -2.10. The number of hydrogen-bond acceptors (Lipinski definition) is 2. The zero-order valence-electron chi connectivity index (χ0n) is 9.52. The fourth-order valence-electron chi connectivity index (χ4n) is 1.56. The van der Waals surface area contributed by atoms with Gasteiger partial charge < -0.3 is 10.3 Å². The van der Waals surface area contributed by atoms with Crippen LogP contribution in [-0.2, 0) is 17.8 Å². The van der Waals surface area contributed by atoms with E-state index in [-0.39, 0.29) is 5.91 Å². The number of nitrogens with zero attached hydrogens (tertiary/aromatic N) is 1. The molecule has 0 aromatic carbocycles. The van der Waals surface area contributed by atoms with Crippen LogP contribution in [0.2, 0.25) is 0 Å². The summed E-state index contributed by atoms with van der Waals surface area (Å²) in [5.41, 5.74) is 2.10. The molecule has 0 aliphatic carbocycles. The monoisotopic (exact) mass is 229 g/mol. The first kappa shape index (κ1) is 11.4. The highest BCUT2D eigenvalue weighted by Gasteiger charge is 2.02. The molecule has 0 aliphatic heterocycles. The maximum absolute atomic E-state index is 11.6. The molecule has 0 bridgehead atoms. The van der Waals surface area contributed by atoms with Crippen molar-refractivity contribution < 1.29 is 4.79 Å². The number of aromatic amines is 1. The van der Waals surface area contributed by atoms with Crippen LogP contribution in [0.4, 0.5) is 0 Å². The molecule has 2 rings (SSSR count). The molecule has 17 heavy (non-hydrogen) atoms. The molecule has 0 unspecified atom stereocenters. The summed E-state index contributed by atoms with van der Waals surface area (Å²) < 4.78 is 0. The van der Waals surface area contributed by atoms with Crippen molar-refractivity contribution in [3.8, 4) is 0 Å². The van der Waals surface area contributed by atoms with Gasteiger partial charge in [0.1, 0.15) is 0 Å². The van der Waals surface area contributed by atoms with Crippen LogP contribution < -0.4 is 5.32 Å². The minimum absolute atomic E-state index is 0.0588. The predicted molar refractivity (Wildman–Crippen MR) is 65.2 cm³/mol. The average molecular weight is 229 g/mol. The Morgan fingerprint density at radius 1 is 1.35 bits per heavy atom. The van der Waals surface area contributed by atoms with Crippen LogP contribution in [0, 0.1) is 0 Å². The zero-order chi connectivity index (χ0) is 11.9. The standard InChI is InChI=1S/C13H15N3O/c17-13(16-10-12-4-2-8-15-12)6-5-11-3-1-7-14-9-11/h1-4,7-9,15H,5-6,10H2,(H,16,17). The summed E-state index contributed by atoms with van der Waals surface area (Å²) in [6.07, 6.45) is 6.58. The number of carbonyl (C=O) groups excluding carboxylic acids is 1. The van der Waals surface area contributed by atoms with Gasteiger partial charge >= 0.3 is 0 Å². The average Bonchev–Trinajstić information content (AvgIpc) is 2.88. The number of amides is 1. The second kappa shape index (κ2) is 5.84. The van der Waals surface area contributed by atoms with E-state index in [9.17, 15) is 4.79 Å². The van der Waals surface area contributed by atoms with Crippen molar-refractivity contribution >= 4 is 5.91 Å². The van der Waals surface area contributed by atoms with Crippen molar-refractivity contribution in [3.63, 3.8) is 0 Å². The summed E-state index contributed by atoms with van der Waals surface area (Å²) in [4.78, 5) is 18.6. The Morgan fingerprint density at radius 2 is 2.29 bits per heavy atom. The number of aryl methyl sites for hydroxylation is 1. The molecule has 4 nitrogen and oxygen atoms in total. The molecule has 0 atom stereocenters. The van der Waals surface area contributed by atoms with Gasteiger partial charge in [-0.3, -0.25) is 9.78 Å². The first-order valence-electron chi connectivity index (χ1n) is 5.62. The van der Waals surface area contributed by atoms with Crippen LogP contribution in [0.3, 0.4) is 0 Å². The van der Waals surface area contributed by atoms with E-state index in [2.05, 4.69) is 15.3 Å². The lowest BCUT2D eigenvalue weighted by Gasteiger charge is -2.03. The molecular formula is C13H15N3O. The van der Waals surface area contributed by atoms with Crippen molar-refractivity contribution in [3.05, 3.63) is 54.1 Å². The minimum Gasteiger partial charge on any atom is -0.364 e. The van der Waals surface area contributed by atoms with E-state index in [0.29, 0.717) is 13.0 Å². The Kier molecular flexibility index (Phi) is 3.91. The van der Waals surface area contributed by atoms with Gasteiger partial charge in [-0.05, 0) is 30.2 Å². The minimum atomic E-state index is 0.0588. The summed E-state index contributed by atoms with van der Waals surface area (Å²) >= 11 is 0. The summed E-state index contributed by atoms with van der Waals surface area (Å²) in [7, 11) is 0. The third kappa shape index (κ3) is 3.75. The first-order chi connectivity index (χ1) is 8.34. The predicted octanol–water partition coefficient (Wildman–Crippen LogP) is 1.66. The number of nitrogens with one attached hydrogen (secondary N) is 2. The third-order valence-corrected chi connectivity index (χ3v) is 2.50. The van der Waals surface area contributed by atoms with E-state index in [1.165, 1.54) is 0 Å². The Bertz CT molecular complexity index is 451. The molecule has 0 spiro atoms. The van der Waals surface area contributed by atoms with Crippen LogP contribution in [0.15, 0.2) is 42.9 Å². The number of pyridine rings is 1. The highest BCUT2D eigenvalue weighted by atomic mass is 16.1. The molecule has 88 valence electrons. The number of carbonyl (C=O) groups is 1. The number of H-pyrrole nitrogens is 1. The SMILES string of the molecule is O=C(CCc1cccnc1)NCc1ccc[nH]1. The maximum atomic E-state index is 11.6. The van der Waals surface area contributed by atoms with E-state index in [0.717, 1.165) is 17.7 Å². The number of aromatic nitrogens is 2. The molecular weight excluding hydrogens is 214 g/mol. The van der Waals surface area contributed by atoms with Crippen LogP contribution in [0.5, 0.6) is 0 Å². The number of hydrogen-bond donors (Lipinski definition) is 2. The van der Waals surface area contributed by atoms with Gasteiger partial charge in [-0.15, -0.1) is 0 Å². The molecule has 4 heteroatoms. The van der Waals surface area contributed by atoms with Crippen molar-refractivity contribution in [2.45, 2.75) is 19.4 Å². The maximum Gasteiger partial charge on any atom is 0.220 e. The van der Waals surface area contributed by atoms with E-state index in [1.807, 2.05) is 30.5 Å². The topological polar surface area (TPSA) is 57.8 Å². The molecule has 0 saturated heterocycles. The van der Waals surface area contributed by atoms with Gasteiger partial charge in [0.25, 0.3) is 0 Å². The third-order valence-electron chi connectivity index (χ3n) is 2.50. The summed E-state index contributed by atoms with van der Waals surface area (Å²) in [6, 6.07) is 7.72. The van der Waals surface area contributed by atoms with Crippen molar-refractivity contribution in [1.82, 2.24) is 15.3 Å². The molecule has 0 fully saturated rings. The molecule has 0 saturated carbocycles. The Labute approximate surface area is 100 Å². The lowest BCUT2D eigenvalue weighted by atomic mass is 10.1. The van der Waals surface area contributed by atoms with Gasteiger partial charge in [0.2, 0.25) is 5.91 Å². The molecule has 2 aromatic heterocycles. The lowest BCUT2D eigenvalue weighted by Crippen LogP contribution is -2.23.